The molecule has 0 aliphatic heterocycles. The summed E-state index contributed by atoms with van der Waals surface area (Å²) < 4.78 is 4.84. The molecule has 0 spiro atoms. The van der Waals surface area contributed by atoms with Crippen molar-refractivity contribution in [3.05, 3.63) is 35.9 Å². The standard InChI is InChI=1S/C13H14O5/c1-9(14)12(16)11(15)7-8-18-13(17)10-5-3-2-4-6-10/h2-6,9,14H,7-8H2,1H3. The molecule has 5 nitrogen and oxygen atoms in total. The number of carbonyl (C=O) groups excluding carboxylic acids is 3. The van der Waals surface area contributed by atoms with Gasteiger partial charge in [-0.15, -0.1) is 0 Å². The van der Waals surface area contributed by atoms with Gasteiger partial charge in [0.2, 0.25) is 11.6 Å². The average Bonchev–Trinajstić information content (AvgIpc) is 2.38. The highest BCUT2D eigenvalue weighted by Gasteiger charge is 2.19. The van der Waals surface area contributed by atoms with Crippen LogP contribution < -0.4 is 0 Å². The number of rotatable bonds is 6. The number of aliphatic hydroxyl groups is 1. The second kappa shape index (κ2) is 6.66. The van der Waals surface area contributed by atoms with Crippen molar-refractivity contribution in [1.82, 2.24) is 0 Å². The molecule has 0 radical (unpaired) electrons. The molecular formula is C13H14O5. The number of benzene rings is 1. The summed E-state index contributed by atoms with van der Waals surface area (Å²) in [6, 6.07) is 8.33. The van der Waals surface area contributed by atoms with Gasteiger partial charge in [-0.25, -0.2) is 4.79 Å². The van der Waals surface area contributed by atoms with Crippen molar-refractivity contribution in [1.29, 1.82) is 0 Å². The quantitative estimate of drug-likeness (QED) is 0.595. The number of hydrogen-bond acceptors (Lipinski definition) is 5. The first-order valence-corrected chi connectivity index (χ1v) is 5.49. The summed E-state index contributed by atoms with van der Waals surface area (Å²) in [7, 11) is 0. The van der Waals surface area contributed by atoms with Crippen LogP contribution >= 0.6 is 0 Å². The van der Waals surface area contributed by atoms with E-state index in [0.717, 1.165) is 0 Å². The van der Waals surface area contributed by atoms with E-state index in [9.17, 15) is 14.4 Å². The summed E-state index contributed by atoms with van der Waals surface area (Å²) in [4.78, 5) is 33.7. The first-order valence-electron chi connectivity index (χ1n) is 5.49. The summed E-state index contributed by atoms with van der Waals surface area (Å²) in [5.41, 5.74) is 0.381. The van der Waals surface area contributed by atoms with Crippen LogP contribution in [0.2, 0.25) is 0 Å². The smallest absolute Gasteiger partial charge is 0.338 e. The van der Waals surface area contributed by atoms with Crippen LogP contribution in [0.1, 0.15) is 23.7 Å². The molecule has 0 saturated heterocycles. The van der Waals surface area contributed by atoms with Gasteiger partial charge in [0.1, 0.15) is 6.10 Å². The Balaban J connectivity index is 2.37. The van der Waals surface area contributed by atoms with E-state index >= 15 is 0 Å². The van der Waals surface area contributed by atoms with Crippen LogP contribution in [0.15, 0.2) is 30.3 Å². The molecule has 1 aromatic rings. The fourth-order valence-electron chi connectivity index (χ4n) is 1.25. The Labute approximate surface area is 104 Å². The van der Waals surface area contributed by atoms with Crippen molar-refractivity contribution in [3.63, 3.8) is 0 Å². The SMILES string of the molecule is CC(O)C(=O)C(=O)CCOC(=O)c1ccccc1. The average molecular weight is 250 g/mol. The number of esters is 1. The Kier molecular flexibility index (Phi) is 5.20. The summed E-state index contributed by atoms with van der Waals surface area (Å²) >= 11 is 0. The van der Waals surface area contributed by atoms with Crippen molar-refractivity contribution in [2.45, 2.75) is 19.4 Å². The van der Waals surface area contributed by atoms with Crippen LogP contribution in [0.3, 0.4) is 0 Å². The van der Waals surface area contributed by atoms with Crippen LogP contribution in [0.5, 0.6) is 0 Å². The van der Waals surface area contributed by atoms with Crippen molar-refractivity contribution < 1.29 is 24.2 Å². The fraction of sp³-hybridized carbons (Fsp3) is 0.308. The number of hydrogen-bond donors (Lipinski definition) is 1. The highest BCUT2D eigenvalue weighted by Crippen LogP contribution is 2.02. The lowest BCUT2D eigenvalue weighted by molar-refractivity contribution is -0.141. The minimum atomic E-state index is -1.32. The lowest BCUT2D eigenvalue weighted by Gasteiger charge is -2.05. The summed E-state index contributed by atoms with van der Waals surface area (Å²) in [6.45, 7) is 1.04. The van der Waals surface area contributed by atoms with E-state index in [0.29, 0.717) is 5.56 Å². The van der Waals surface area contributed by atoms with Crippen molar-refractivity contribution in [3.8, 4) is 0 Å². The maximum atomic E-state index is 11.5. The monoisotopic (exact) mass is 250 g/mol. The summed E-state index contributed by atoms with van der Waals surface area (Å²) in [5, 5.41) is 8.90. The number of Topliss-reactive ketones (excluding diaryl/α,β-unsaturated/α-hetero) is 2. The van der Waals surface area contributed by atoms with Crippen molar-refractivity contribution in [2.24, 2.45) is 0 Å². The van der Waals surface area contributed by atoms with Gasteiger partial charge < -0.3 is 9.84 Å². The van der Waals surface area contributed by atoms with Crippen LogP contribution in [0.4, 0.5) is 0 Å². The fourth-order valence-corrected chi connectivity index (χ4v) is 1.25. The molecule has 18 heavy (non-hydrogen) atoms. The lowest BCUT2D eigenvalue weighted by Crippen LogP contribution is -2.26. The summed E-state index contributed by atoms with van der Waals surface area (Å²) in [5.74, 6) is -2.16. The zero-order valence-corrected chi connectivity index (χ0v) is 9.96. The van der Waals surface area contributed by atoms with Crippen molar-refractivity contribution in [2.75, 3.05) is 6.61 Å². The zero-order valence-electron chi connectivity index (χ0n) is 9.96. The molecule has 0 aliphatic rings. The van der Waals surface area contributed by atoms with Crippen LogP contribution in [0, 0.1) is 0 Å². The van der Waals surface area contributed by atoms with E-state index in [2.05, 4.69) is 0 Å². The third-order valence-electron chi connectivity index (χ3n) is 2.23. The Morgan fingerprint density at radius 2 is 1.83 bits per heavy atom. The van der Waals surface area contributed by atoms with Gasteiger partial charge in [-0.3, -0.25) is 9.59 Å². The highest BCUT2D eigenvalue weighted by molar-refractivity contribution is 6.38. The van der Waals surface area contributed by atoms with Gasteiger partial charge in [-0.2, -0.15) is 0 Å². The normalized spacial score (nSPS) is 11.7. The number of carbonyl (C=O) groups is 3. The number of aliphatic hydroxyl groups excluding tert-OH is 1. The van der Waals surface area contributed by atoms with Gasteiger partial charge in [-0.1, -0.05) is 18.2 Å². The molecule has 0 aliphatic carbocycles. The minimum Gasteiger partial charge on any atom is -0.462 e. The molecule has 0 bridgehead atoms. The van der Waals surface area contributed by atoms with Crippen LogP contribution in [0.25, 0.3) is 0 Å². The predicted octanol–water partition coefficient (Wildman–Crippen LogP) is 0.752. The van der Waals surface area contributed by atoms with E-state index < -0.39 is 23.6 Å². The van der Waals surface area contributed by atoms with E-state index in [1.807, 2.05) is 0 Å². The van der Waals surface area contributed by atoms with E-state index in [1.54, 1.807) is 30.3 Å². The van der Waals surface area contributed by atoms with Crippen LogP contribution in [-0.2, 0) is 14.3 Å². The molecule has 1 unspecified atom stereocenters. The molecule has 0 amide bonds. The maximum Gasteiger partial charge on any atom is 0.338 e. The van der Waals surface area contributed by atoms with Gasteiger partial charge in [0.15, 0.2) is 0 Å². The first kappa shape index (κ1) is 14.1. The largest absolute Gasteiger partial charge is 0.462 e. The second-order valence-corrected chi connectivity index (χ2v) is 3.72. The minimum absolute atomic E-state index is 0.176. The molecule has 96 valence electrons. The van der Waals surface area contributed by atoms with Gasteiger partial charge >= 0.3 is 5.97 Å². The van der Waals surface area contributed by atoms with E-state index in [-0.39, 0.29) is 13.0 Å². The Morgan fingerprint density at radius 1 is 1.22 bits per heavy atom. The maximum absolute atomic E-state index is 11.5. The molecule has 0 heterocycles. The van der Waals surface area contributed by atoms with Crippen LogP contribution in [-0.4, -0.2) is 35.4 Å². The molecule has 5 heteroatoms. The zero-order chi connectivity index (χ0) is 13.5. The summed E-state index contributed by atoms with van der Waals surface area (Å²) in [6.07, 6.45) is -1.54. The highest BCUT2D eigenvalue weighted by atomic mass is 16.5. The number of ether oxygens (including phenoxy) is 1. The molecule has 0 fully saturated rings. The van der Waals surface area contributed by atoms with E-state index in [1.165, 1.54) is 6.92 Å². The van der Waals surface area contributed by atoms with Gasteiger partial charge in [-0.05, 0) is 19.1 Å². The Morgan fingerprint density at radius 3 is 2.39 bits per heavy atom. The molecular weight excluding hydrogens is 236 g/mol. The van der Waals surface area contributed by atoms with E-state index in [4.69, 9.17) is 9.84 Å². The lowest BCUT2D eigenvalue weighted by atomic mass is 10.1. The first-order chi connectivity index (χ1) is 8.52. The molecule has 1 aromatic carbocycles. The van der Waals surface area contributed by atoms with Gasteiger partial charge in [0.05, 0.1) is 12.2 Å². The third-order valence-corrected chi connectivity index (χ3v) is 2.23. The van der Waals surface area contributed by atoms with Gasteiger partial charge in [0, 0.05) is 6.42 Å². The molecule has 1 atom stereocenters. The topological polar surface area (TPSA) is 80.7 Å². The molecule has 1 rings (SSSR count). The second-order valence-electron chi connectivity index (χ2n) is 3.72. The van der Waals surface area contributed by atoms with Crippen molar-refractivity contribution >= 4 is 17.5 Å². The molecule has 1 N–H and O–H groups in total. The Hall–Kier alpha value is -2.01. The molecule has 0 aromatic heterocycles. The number of ketones is 2. The third kappa shape index (κ3) is 4.10. The Bertz CT molecular complexity index is 436. The predicted molar refractivity (Wildman–Crippen MR) is 63.0 cm³/mol. The molecule has 0 saturated carbocycles. The van der Waals surface area contributed by atoms with Gasteiger partial charge in [0.25, 0.3) is 0 Å².